The largest absolute Gasteiger partial charge is 0.435 e. The Bertz CT molecular complexity index is 1600. The lowest BCUT2D eigenvalue weighted by molar-refractivity contribution is -0.141. The maximum absolute atomic E-state index is 14.9. The van der Waals surface area contributed by atoms with Gasteiger partial charge in [0, 0.05) is 6.07 Å². The third-order valence-electron chi connectivity index (χ3n) is 6.53. The molecular weight excluding hydrogens is 524 g/mol. The molecule has 1 heterocycles. The first-order valence-corrected chi connectivity index (χ1v) is 12.6. The average molecular weight is 549 g/mol. The van der Waals surface area contributed by atoms with E-state index in [-0.39, 0.29) is 11.4 Å². The van der Waals surface area contributed by atoms with E-state index in [1.807, 2.05) is 0 Å². The Hall–Kier alpha value is -4.49. The van der Waals surface area contributed by atoms with E-state index in [1.165, 1.54) is 18.2 Å². The number of aryl methyl sites for hydroxylation is 1. The van der Waals surface area contributed by atoms with Crippen molar-refractivity contribution in [1.29, 1.82) is 5.26 Å². The Morgan fingerprint density at radius 3 is 2.55 bits per heavy atom. The molecule has 3 aromatic carbocycles. The summed E-state index contributed by atoms with van der Waals surface area (Å²) in [6.45, 7) is 2.22. The number of hydrogen-bond donors (Lipinski definition) is 1. The van der Waals surface area contributed by atoms with Gasteiger partial charge < -0.3 is 10.1 Å². The number of ether oxygens (including phenoxy) is 1. The Labute approximate surface area is 227 Å². The molecule has 10 heteroatoms. The van der Waals surface area contributed by atoms with E-state index >= 15 is 0 Å². The van der Waals surface area contributed by atoms with Gasteiger partial charge in [0.2, 0.25) is 0 Å². The molecule has 1 unspecified atom stereocenters. The number of hydrogen-bond acceptors (Lipinski definition) is 4. The van der Waals surface area contributed by atoms with Crippen molar-refractivity contribution >= 4 is 11.6 Å². The molecule has 1 aliphatic rings. The molecule has 1 fully saturated rings. The Kier molecular flexibility index (Phi) is 7.41. The second kappa shape index (κ2) is 10.9. The molecule has 6 nitrogen and oxygen atoms in total. The Balaban J connectivity index is 1.49. The highest BCUT2D eigenvalue weighted by atomic mass is 19.4. The maximum atomic E-state index is 14.9. The summed E-state index contributed by atoms with van der Waals surface area (Å²) in [5.41, 5.74) is 0.726. The fourth-order valence-corrected chi connectivity index (χ4v) is 4.30. The molecule has 1 N–H and O–H groups in total. The lowest BCUT2D eigenvalue weighted by Crippen LogP contribution is -2.18. The number of carbonyl (C=O) groups is 1. The molecule has 0 spiro atoms. The summed E-state index contributed by atoms with van der Waals surface area (Å²) in [5.74, 6) is -1.32. The van der Waals surface area contributed by atoms with Crippen molar-refractivity contribution in [3.8, 4) is 11.8 Å². The van der Waals surface area contributed by atoms with Gasteiger partial charge in [-0.2, -0.15) is 23.5 Å². The number of benzene rings is 3. The number of rotatable bonds is 8. The fraction of sp³-hybridized carbons (Fsp3) is 0.233. The molecule has 5 rings (SSSR count). The van der Waals surface area contributed by atoms with Crippen LogP contribution in [-0.2, 0) is 10.9 Å². The van der Waals surface area contributed by atoms with Crippen LogP contribution in [0.15, 0.2) is 72.8 Å². The molecule has 4 aromatic rings. The highest BCUT2D eigenvalue weighted by Crippen LogP contribution is 2.35. The standard InChI is InChI=1S/C30H24F4N4O2/c1-18-4-2-7-23(12-18)38-26(15-27(37-38)30(32,33)34)29(39)36-25-14-22(10-11-24(25)31)28(40-17-19-8-9-19)21-6-3-5-20(13-21)16-35/h2-7,10-15,19,28H,8-9,17H2,1H3,(H,36,39). The summed E-state index contributed by atoms with van der Waals surface area (Å²) in [6.07, 6.45) is -3.35. The second-order valence-corrected chi connectivity index (χ2v) is 9.75. The summed E-state index contributed by atoms with van der Waals surface area (Å²) < 4.78 is 62.5. The fourth-order valence-electron chi connectivity index (χ4n) is 4.30. The van der Waals surface area contributed by atoms with Crippen molar-refractivity contribution in [1.82, 2.24) is 9.78 Å². The van der Waals surface area contributed by atoms with Crippen molar-refractivity contribution in [3.05, 3.63) is 112 Å². The molecule has 1 amide bonds. The van der Waals surface area contributed by atoms with Gasteiger partial charge in [0.05, 0.1) is 29.6 Å². The van der Waals surface area contributed by atoms with Gasteiger partial charge in [-0.1, -0.05) is 30.3 Å². The number of nitriles is 1. The first kappa shape index (κ1) is 27.1. The van der Waals surface area contributed by atoms with Crippen molar-refractivity contribution in [3.63, 3.8) is 0 Å². The van der Waals surface area contributed by atoms with E-state index in [1.54, 1.807) is 49.4 Å². The zero-order valence-electron chi connectivity index (χ0n) is 21.4. The van der Waals surface area contributed by atoms with Crippen LogP contribution in [0.2, 0.25) is 0 Å². The number of nitrogens with one attached hydrogen (secondary N) is 1. The van der Waals surface area contributed by atoms with Gasteiger partial charge in [0.15, 0.2) is 5.69 Å². The normalized spacial score (nSPS) is 14.0. The number of nitrogens with zero attached hydrogens (tertiary/aromatic N) is 3. The molecule has 1 aromatic heterocycles. The predicted octanol–water partition coefficient (Wildman–Crippen LogP) is 6.98. The molecule has 204 valence electrons. The third kappa shape index (κ3) is 6.05. The minimum Gasteiger partial charge on any atom is -0.368 e. The predicted molar refractivity (Wildman–Crippen MR) is 139 cm³/mol. The van der Waals surface area contributed by atoms with Crippen LogP contribution in [0.25, 0.3) is 5.69 Å². The molecule has 0 radical (unpaired) electrons. The molecule has 1 saturated carbocycles. The van der Waals surface area contributed by atoms with Gasteiger partial charge in [0.1, 0.15) is 17.6 Å². The number of anilines is 1. The van der Waals surface area contributed by atoms with Crippen LogP contribution in [0.3, 0.4) is 0 Å². The van der Waals surface area contributed by atoms with E-state index in [9.17, 15) is 27.6 Å². The van der Waals surface area contributed by atoms with E-state index in [0.717, 1.165) is 29.2 Å². The van der Waals surface area contributed by atoms with Gasteiger partial charge in [-0.15, -0.1) is 0 Å². The van der Waals surface area contributed by atoms with Crippen molar-refractivity contribution in [2.45, 2.75) is 32.0 Å². The number of aromatic nitrogens is 2. The van der Waals surface area contributed by atoms with Gasteiger partial charge in [0.25, 0.3) is 5.91 Å². The quantitative estimate of drug-likeness (QED) is 0.241. The number of alkyl halides is 3. The zero-order valence-corrected chi connectivity index (χ0v) is 21.4. The topological polar surface area (TPSA) is 79.9 Å². The van der Waals surface area contributed by atoms with E-state index in [2.05, 4.69) is 16.5 Å². The molecule has 0 saturated heterocycles. The first-order chi connectivity index (χ1) is 19.1. The van der Waals surface area contributed by atoms with Crippen LogP contribution in [0, 0.1) is 30.0 Å². The molecule has 1 atom stereocenters. The average Bonchev–Trinajstić information content (AvgIpc) is 3.63. The van der Waals surface area contributed by atoms with E-state index in [0.29, 0.717) is 35.3 Å². The Morgan fingerprint density at radius 2 is 1.85 bits per heavy atom. The zero-order chi connectivity index (χ0) is 28.4. The van der Waals surface area contributed by atoms with Gasteiger partial charge in [-0.3, -0.25) is 4.79 Å². The highest BCUT2D eigenvalue weighted by molar-refractivity contribution is 6.03. The van der Waals surface area contributed by atoms with Crippen molar-refractivity contribution in [2.24, 2.45) is 5.92 Å². The third-order valence-corrected chi connectivity index (χ3v) is 6.53. The van der Waals surface area contributed by atoms with Crippen LogP contribution in [0.1, 0.15) is 57.4 Å². The van der Waals surface area contributed by atoms with Crippen molar-refractivity contribution < 1.29 is 27.1 Å². The van der Waals surface area contributed by atoms with Crippen LogP contribution < -0.4 is 5.32 Å². The minimum atomic E-state index is -4.79. The molecule has 0 bridgehead atoms. The van der Waals surface area contributed by atoms with E-state index in [4.69, 9.17) is 4.74 Å². The number of halogens is 4. The van der Waals surface area contributed by atoms with Gasteiger partial charge >= 0.3 is 6.18 Å². The molecule has 0 aliphatic heterocycles. The van der Waals surface area contributed by atoms with Crippen LogP contribution in [0.5, 0.6) is 0 Å². The summed E-state index contributed by atoms with van der Waals surface area (Å²) >= 11 is 0. The monoisotopic (exact) mass is 548 g/mol. The number of carbonyl (C=O) groups excluding carboxylic acids is 1. The maximum Gasteiger partial charge on any atom is 0.435 e. The van der Waals surface area contributed by atoms with Crippen molar-refractivity contribution in [2.75, 3.05) is 11.9 Å². The smallest absolute Gasteiger partial charge is 0.368 e. The first-order valence-electron chi connectivity index (χ1n) is 12.6. The Morgan fingerprint density at radius 1 is 1.10 bits per heavy atom. The van der Waals surface area contributed by atoms with Gasteiger partial charge in [-0.05, 0) is 78.8 Å². The van der Waals surface area contributed by atoms with Gasteiger partial charge in [-0.25, -0.2) is 9.07 Å². The SMILES string of the molecule is Cc1cccc(-n2nc(C(F)(F)F)cc2C(=O)Nc2cc(C(OCC3CC3)c3cccc(C#N)c3)ccc2F)c1. The summed E-state index contributed by atoms with van der Waals surface area (Å²) in [7, 11) is 0. The van der Waals surface area contributed by atoms with Crippen LogP contribution in [0.4, 0.5) is 23.2 Å². The van der Waals surface area contributed by atoms with Crippen LogP contribution in [-0.4, -0.2) is 22.3 Å². The molecular formula is C30H24F4N4O2. The molecule has 1 aliphatic carbocycles. The summed E-state index contributed by atoms with van der Waals surface area (Å²) in [5, 5.41) is 15.4. The van der Waals surface area contributed by atoms with E-state index < -0.39 is 35.4 Å². The number of amides is 1. The summed E-state index contributed by atoms with van der Waals surface area (Å²) in [4.78, 5) is 13.3. The minimum absolute atomic E-state index is 0.232. The summed E-state index contributed by atoms with van der Waals surface area (Å²) in [6, 6.07) is 20.1. The second-order valence-electron chi connectivity index (χ2n) is 9.75. The lowest BCUT2D eigenvalue weighted by Gasteiger charge is -2.20. The highest BCUT2D eigenvalue weighted by Gasteiger charge is 2.36. The molecule has 40 heavy (non-hydrogen) atoms. The van der Waals surface area contributed by atoms with Crippen LogP contribution >= 0.6 is 0 Å². The lowest BCUT2D eigenvalue weighted by atomic mass is 9.99.